The Morgan fingerprint density at radius 1 is 1.19 bits per heavy atom. The summed E-state index contributed by atoms with van der Waals surface area (Å²) in [5.74, 6) is 0.913. The predicted molar refractivity (Wildman–Crippen MR) is 78.5 cm³/mol. The number of hydrogen-bond donors (Lipinski definition) is 1. The van der Waals surface area contributed by atoms with Crippen molar-refractivity contribution in [2.24, 2.45) is 0 Å². The summed E-state index contributed by atoms with van der Waals surface area (Å²) in [5.41, 5.74) is -0.755. The first-order valence-electron chi connectivity index (χ1n) is 6.37. The highest BCUT2D eigenvalue weighted by atomic mass is 79.9. The monoisotopic (exact) mass is 359 g/mol. The molecule has 0 radical (unpaired) electrons. The highest BCUT2D eigenvalue weighted by Gasteiger charge is 2.33. The van der Waals surface area contributed by atoms with Crippen LogP contribution in [0.3, 0.4) is 0 Å². The van der Waals surface area contributed by atoms with Gasteiger partial charge in [-0.15, -0.1) is 0 Å². The van der Waals surface area contributed by atoms with Gasteiger partial charge in [-0.25, -0.2) is 9.97 Å². The lowest BCUT2D eigenvalue weighted by molar-refractivity contribution is -0.136. The van der Waals surface area contributed by atoms with E-state index in [4.69, 9.17) is 0 Å². The molecule has 1 aromatic carbocycles. The van der Waals surface area contributed by atoms with Gasteiger partial charge in [0.1, 0.15) is 16.2 Å². The summed E-state index contributed by atoms with van der Waals surface area (Å²) in [5, 5.41) is 2.72. The Hall–Kier alpha value is -1.63. The molecule has 0 fully saturated rings. The number of rotatable bonds is 4. The fourth-order valence-corrected chi connectivity index (χ4v) is 2.26. The Bertz CT molecular complexity index is 629. The summed E-state index contributed by atoms with van der Waals surface area (Å²) in [7, 11) is 0. The van der Waals surface area contributed by atoms with Gasteiger partial charge in [0, 0.05) is 12.5 Å². The summed E-state index contributed by atoms with van der Waals surface area (Å²) < 4.78 is 39.4. The molecule has 1 heterocycles. The second-order valence-corrected chi connectivity index (χ2v) is 5.22. The third-order valence-corrected chi connectivity index (χ3v) is 3.12. The lowest BCUT2D eigenvalue weighted by Crippen LogP contribution is -2.09. The van der Waals surface area contributed by atoms with Crippen LogP contribution in [0.25, 0.3) is 0 Å². The normalized spacial score (nSPS) is 11.5. The summed E-state index contributed by atoms with van der Waals surface area (Å²) in [6, 6.07) is 6.85. The fraction of sp³-hybridized carbons (Fsp3) is 0.286. The molecule has 0 saturated carbocycles. The maximum atomic E-state index is 12.9. The highest BCUT2D eigenvalue weighted by Crippen LogP contribution is 2.35. The molecule has 0 bridgehead atoms. The van der Waals surface area contributed by atoms with E-state index < -0.39 is 11.7 Å². The van der Waals surface area contributed by atoms with Crippen LogP contribution in [0.5, 0.6) is 0 Å². The largest absolute Gasteiger partial charge is 0.418 e. The maximum Gasteiger partial charge on any atom is 0.418 e. The van der Waals surface area contributed by atoms with E-state index in [-0.39, 0.29) is 5.69 Å². The quantitative estimate of drug-likeness (QED) is 0.784. The van der Waals surface area contributed by atoms with Gasteiger partial charge in [-0.3, -0.25) is 0 Å². The Morgan fingerprint density at radius 2 is 1.90 bits per heavy atom. The third-order valence-electron chi connectivity index (χ3n) is 2.71. The van der Waals surface area contributed by atoms with E-state index in [1.165, 1.54) is 12.1 Å². The van der Waals surface area contributed by atoms with Gasteiger partial charge < -0.3 is 5.32 Å². The number of benzene rings is 1. The van der Waals surface area contributed by atoms with Crippen LogP contribution in [0.2, 0.25) is 0 Å². The van der Waals surface area contributed by atoms with Crippen LogP contribution in [-0.4, -0.2) is 9.97 Å². The van der Waals surface area contributed by atoms with Gasteiger partial charge in [-0.1, -0.05) is 19.1 Å². The molecule has 0 aliphatic rings. The number of hydrogen-bond acceptors (Lipinski definition) is 3. The second kappa shape index (κ2) is 6.43. The number of aryl methyl sites for hydroxylation is 1. The van der Waals surface area contributed by atoms with Crippen molar-refractivity contribution in [1.82, 2.24) is 9.97 Å². The molecule has 112 valence electrons. The Morgan fingerprint density at radius 3 is 2.57 bits per heavy atom. The van der Waals surface area contributed by atoms with Crippen molar-refractivity contribution >= 4 is 27.4 Å². The minimum absolute atomic E-state index is 0.0296. The average Bonchev–Trinajstić information content (AvgIpc) is 2.37. The van der Waals surface area contributed by atoms with Gasteiger partial charge in [0.25, 0.3) is 0 Å². The molecule has 1 N–H and O–H groups in total. The molecule has 7 heteroatoms. The van der Waals surface area contributed by atoms with Gasteiger partial charge >= 0.3 is 6.18 Å². The molecule has 0 atom stereocenters. The third kappa shape index (κ3) is 4.17. The number of halogens is 4. The van der Waals surface area contributed by atoms with Crippen molar-refractivity contribution in [3.63, 3.8) is 0 Å². The molecule has 1 aromatic heterocycles. The van der Waals surface area contributed by atoms with Crippen molar-refractivity contribution in [2.75, 3.05) is 5.32 Å². The fourth-order valence-electron chi connectivity index (χ4n) is 1.84. The van der Waals surface area contributed by atoms with E-state index in [2.05, 4.69) is 31.2 Å². The lowest BCUT2D eigenvalue weighted by atomic mass is 10.1. The van der Waals surface area contributed by atoms with Crippen LogP contribution in [0.15, 0.2) is 34.9 Å². The first-order valence-corrected chi connectivity index (χ1v) is 7.16. The minimum Gasteiger partial charge on any atom is -0.340 e. The van der Waals surface area contributed by atoms with E-state index in [0.717, 1.165) is 12.5 Å². The number of para-hydroxylation sites is 1. The van der Waals surface area contributed by atoms with Gasteiger partial charge in [-0.05, 0) is 34.5 Å². The topological polar surface area (TPSA) is 37.8 Å². The predicted octanol–water partition coefficient (Wildman–Crippen LogP) is 4.95. The van der Waals surface area contributed by atoms with Gasteiger partial charge in [0.15, 0.2) is 0 Å². The van der Waals surface area contributed by atoms with Crippen molar-refractivity contribution < 1.29 is 13.2 Å². The van der Waals surface area contributed by atoms with Crippen LogP contribution >= 0.6 is 15.9 Å². The second-order valence-electron chi connectivity index (χ2n) is 4.41. The molecule has 0 spiro atoms. The van der Waals surface area contributed by atoms with Crippen LogP contribution in [0.4, 0.5) is 24.7 Å². The molecule has 0 saturated heterocycles. The van der Waals surface area contributed by atoms with Gasteiger partial charge in [0.05, 0.1) is 11.3 Å². The van der Waals surface area contributed by atoms with E-state index in [1.54, 1.807) is 12.1 Å². The summed E-state index contributed by atoms with van der Waals surface area (Å²) in [6.07, 6.45) is -2.90. The Balaban J connectivity index is 2.35. The van der Waals surface area contributed by atoms with Crippen LogP contribution in [0.1, 0.15) is 24.7 Å². The van der Waals surface area contributed by atoms with Crippen molar-refractivity contribution in [3.05, 3.63) is 46.3 Å². The number of nitrogens with one attached hydrogen (secondary N) is 1. The number of aromatic nitrogens is 2. The zero-order valence-electron chi connectivity index (χ0n) is 11.2. The number of nitrogens with zero attached hydrogens (tertiary/aromatic N) is 2. The molecule has 21 heavy (non-hydrogen) atoms. The van der Waals surface area contributed by atoms with Gasteiger partial charge in [-0.2, -0.15) is 13.2 Å². The molecule has 0 unspecified atom stereocenters. The molecule has 0 amide bonds. The lowest BCUT2D eigenvalue weighted by Gasteiger charge is -2.14. The van der Waals surface area contributed by atoms with Gasteiger partial charge in [0.2, 0.25) is 0 Å². The molecule has 2 aromatic rings. The van der Waals surface area contributed by atoms with E-state index in [0.29, 0.717) is 22.7 Å². The summed E-state index contributed by atoms with van der Waals surface area (Å²) in [4.78, 5) is 8.40. The van der Waals surface area contributed by atoms with Crippen molar-refractivity contribution in [3.8, 4) is 0 Å². The van der Waals surface area contributed by atoms with Crippen LogP contribution in [-0.2, 0) is 12.6 Å². The smallest absolute Gasteiger partial charge is 0.340 e. The van der Waals surface area contributed by atoms with E-state index in [9.17, 15) is 13.2 Å². The highest BCUT2D eigenvalue weighted by molar-refractivity contribution is 9.10. The molecule has 0 aliphatic carbocycles. The Labute approximate surface area is 128 Å². The van der Waals surface area contributed by atoms with E-state index in [1.807, 2.05) is 6.92 Å². The average molecular weight is 360 g/mol. The molecule has 2 rings (SSSR count). The molecular weight excluding hydrogens is 347 g/mol. The Kier molecular flexibility index (Phi) is 4.82. The first kappa shape index (κ1) is 15.8. The zero-order chi connectivity index (χ0) is 15.5. The summed E-state index contributed by atoms with van der Waals surface area (Å²) in [6.45, 7) is 1.98. The number of alkyl halides is 3. The van der Waals surface area contributed by atoms with E-state index >= 15 is 0 Å². The zero-order valence-corrected chi connectivity index (χ0v) is 12.8. The van der Waals surface area contributed by atoms with Crippen molar-refractivity contribution in [1.29, 1.82) is 0 Å². The molecular formula is C14H13BrF3N3. The summed E-state index contributed by atoms with van der Waals surface area (Å²) >= 11 is 3.24. The van der Waals surface area contributed by atoms with Crippen molar-refractivity contribution in [2.45, 2.75) is 25.9 Å². The molecule has 0 aliphatic heterocycles. The standard InChI is InChI=1S/C14H13BrF3N3/c1-2-5-12-20-11(15)8-13(21-12)19-10-7-4-3-6-9(10)14(16,17)18/h3-4,6-8H,2,5H2,1H3,(H,19,20,21). The maximum absolute atomic E-state index is 12.9. The number of anilines is 2. The van der Waals surface area contributed by atoms with Crippen LogP contribution < -0.4 is 5.32 Å². The van der Waals surface area contributed by atoms with Crippen LogP contribution in [0, 0.1) is 0 Å². The minimum atomic E-state index is -4.42. The SMILES string of the molecule is CCCc1nc(Br)cc(Nc2ccccc2C(F)(F)F)n1. The molecule has 3 nitrogen and oxygen atoms in total. The first-order chi connectivity index (χ1) is 9.90.